The highest BCUT2D eigenvalue weighted by Gasteiger charge is 2.43. The number of hydrogen-bond donors (Lipinski definition) is 0. The Bertz CT molecular complexity index is 928. The Labute approximate surface area is 171 Å². The number of aryl methyl sites for hydroxylation is 2. The van der Waals surface area contributed by atoms with Crippen molar-refractivity contribution in [3.05, 3.63) is 76.4 Å². The van der Waals surface area contributed by atoms with Gasteiger partial charge in [0.25, 0.3) is 5.91 Å². The fraction of sp³-hybridized carbons (Fsp3) is 0.333. The van der Waals surface area contributed by atoms with Crippen molar-refractivity contribution in [1.29, 1.82) is 0 Å². The number of halogens is 1. The van der Waals surface area contributed by atoms with E-state index in [1.807, 2.05) is 0 Å². The summed E-state index contributed by atoms with van der Waals surface area (Å²) in [6, 6.07) is 16.9. The van der Waals surface area contributed by atoms with Crippen molar-refractivity contribution in [3.63, 3.8) is 0 Å². The van der Waals surface area contributed by atoms with E-state index in [-0.39, 0.29) is 23.7 Å². The van der Waals surface area contributed by atoms with Gasteiger partial charge in [-0.15, -0.1) is 11.6 Å². The molecule has 0 unspecified atom stereocenters. The maximum absolute atomic E-state index is 12.6. The molecule has 0 saturated heterocycles. The molecule has 2 aromatic carbocycles. The Morgan fingerprint density at radius 2 is 1.75 bits per heavy atom. The van der Waals surface area contributed by atoms with Gasteiger partial charge in [0.2, 0.25) is 0 Å². The van der Waals surface area contributed by atoms with Gasteiger partial charge in [0.15, 0.2) is 0 Å². The molecule has 2 atom stereocenters. The van der Waals surface area contributed by atoms with Crippen LogP contribution >= 0.6 is 11.6 Å². The van der Waals surface area contributed by atoms with Crippen molar-refractivity contribution < 1.29 is 4.79 Å². The SMILES string of the molecule is Cc1ccc(/C=C2\CCC[C@@H]3C2=NN(C(=O)CCl)[C@@H]3c2ccc(C)cc2)cc1. The number of benzene rings is 2. The van der Waals surface area contributed by atoms with E-state index >= 15 is 0 Å². The van der Waals surface area contributed by atoms with Gasteiger partial charge in [-0.25, -0.2) is 5.01 Å². The van der Waals surface area contributed by atoms with Gasteiger partial charge in [0.1, 0.15) is 5.88 Å². The first-order valence-electron chi connectivity index (χ1n) is 9.87. The van der Waals surface area contributed by atoms with Crippen LogP contribution in [0.3, 0.4) is 0 Å². The van der Waals surface area contributed by atoms with Gasteiger partial charge >= 0.3 is 0 Å². The molecule has 0 radical (unpaired) electrons. The monoisotopic (exact) mass is 392 g/mol. The number of hydrazone groups is 1. The zero-order valence-electron chi connectivity index (χ0n) is 16.4. The smallest absolute Gasteiger partial charge is 0.258 e. The molecule has 3 nitrogen and oxygen atoms in total. The number of carbonyl (C=O) groups is 1. The molecule has 4 rings (SSSR count). The van der Waals surface area contributed by atoms with E-state index in [9.17, 15) is 4.79 Å². The summed E-state index contributed by atoms with van der Waals surface area (Å²) in [4.78, 5) is 12.6. The molecule has 1 fully saturated rings. The third-order valence-corrected chi connectivity index (χ3v) is 5.94. The van der Waals surface area contributed by atoms with Gasteiger partial charge in [-0.2, -0.15) is 5.10 Å². The number of hydrogen-bond acceptors (Lipinski definition) is 2. The van der Waals surface area contributed by atoms with E-state index in [0.717, 1.165) is 30.5 Å². The van der Waals surface area contributed by atoms with Crippen LogP contribution in [-0.4, -0.2) is 22.5 Å². The van der Waals surface area contributed by atoms with E-state index in [1.165, 1.54) is 22.3 Å². The van der Waals surface area contributed by atoms with E-state index in [2.05, 4.69) is 68.5 Å². The molecule has 2 aliphatic rings. The second kappa shape index (κ2) is 7.92. The van der Waals surface area contributed by atoms with Crippen LogP contribution in [0, 0.1) is 19.8 Å². The van der Waals surface area contributed by atoms with Crippen molar-refractivity contribution in [1.82, 2.24) is 5.01 Å². The first-order valence-corrected chi connectivity index (χ1v) is 10.4. The topological polar surface area (TPSA) is 32.7 Å². The Kier molecular flexibility index (Phi) is 5.36. The van der Waals surface area contributed by atoms with E-state index in [4.69, 9.17) is 16.7 Å². The first-order chi connectivity index (χ1) is 13.6. The average Bonchev–Trinajstić information content (AvgIpc) is 3.10. The van der Waals surface area contributed by atoms with Gasteiger partial charge in [-0.3, -0.25) is 4.79 Å². The Balaban J connectivity index is 1.73. The first kappa shape index (κ1) is 18.9. The normalized spacial score (nSPS) is 22.9. The minimum absolute atomic E-state index is 0.0527. The summed E-state index contributed by atoms with van der Waals surface area (Å²) in [6.45, 7) is 4.17. The molecule has 28 heavy (non-hydrogen) atoms. The van der Waals surface area contributed by atoms with Crippen LogP contribution in [0.25, 0.3) is 6.08 Å². The molecule has 0 spiro atoms. The van der Waals surface area contributed by atoms with Crippen LogP contribution < -0.4 is 0 Å². The molecule has 1 aliphatic carbocycles. The molecule has 0 aromatic heterocycles. The molecule has 4 heteroatoms. The Hall–Kier alpha value is -2.39. The summed E-state index contributed by atoms with van der Waals surface area (Å²) >= 11 is 5.91. The summed E-state index contributed by atoms with van der Waals surface area (Å²) in [5.41, 5.74) is 7.06. The third kappa shape index (κ3) is 3.64. The molecular weight excluding hydrogens is 368 g/mol. The lowest BCUT2D eigenvalue weighted by molar-refractivity contribution is -0.130. The molecule has 1 aliphatic heterocycles. The number of rotatable bonds is 3. The molecule has 0 bridgehead atoms. The second-order valence-electron chi connectivity index (χ2n) is 7.79. The van der Waals surface area contributed by atoms with Crippen molar-refractivity contribution in [3.8, 4) is 0 Å². The van der Waals surface area contributed by atoms with Crippen LogP contribution in [-0.2, 0) is 4.79 Å². The fourth-order valence-electron chi connectivity index (χ4n) is 4.23. The van der Waals surface area contributed by atoms with Gasteiger partial charge in [-0.05, 0) is 55.9 Å². The summed E-state index contributed by atoms with van der Waals surface area (Å²) < 4.78 is 0. The number of nitrogens with zero attached hydrogens (tertiary/aromatic N) is 2. The second-order valence-corrected chi connectivity index (χ2v) is 8.06. The van der Waals surface area contributed by atoms with E-state index < -0.39 is 0 Å². The minimum atomic E-state index is -0.135. The predicted octanol–water partition coefficient (Wildman–Crippen LogP) is 5.67. The summed E-state index contributed by atoms with van der Waals surface area (Å²) in [7, 11) is 0. The zero-order valence-corrected chi connectivity index (χ0v) is 17.1. The lowest BCUT2D eigenvalue weighted by Gasteiger charge is -2.29. The maximum atomic E-state index is 12.6. The molecule has 1 amide bonds. The van der Waals surface area contributed by atoms with Crippen LogP contribution in [0.1, 0.15) is 47.6 Å². The number of alkyl halides is 1. The van der Waals surface area contributed by atoms with Crippen molar-refractivity contribution >= 4 is 29.3 Å². The number of carbonyl (C=O) groups excluding carboxylic acids is 1. The van der Waals surface area contributed by atoms with Crippen LogP contribution in [0.5, 0.6) is 0 Å². The molecule has 1 heterocycles. The summed E-state index contributed by atoms with van der Waals surface area (Å²) in [5.74, 6) is 0.0345. The van der Waals surface area contributed by atoms with Crippen LogP contribution in [0.2, 0.25) is 0 Å². The van der Waals surface area contributed by atoms with E-state index in [1.54, 1.807) is 5.01 Å². The average molecular weight is 393 g/mol. The number of allylic oxidation sites excluding steroid dienone is 1. The van der Waals surface area contributed by atoms with Crippen molar-refractivity contribution in [2.45, 2.75) is 39.2 Å². The van der Waals surface area contributed by atoms with Gasteiger partial charge in [-0.1, -0.05) is 59.7 Å². The molecular formula is C24H25ClN2O. The van der Waals surface area contributed by atoms with Gasteiger partial charge < -0.3 is 0 Å². The number of amides is 1. The van der Waals surface area contributed by atoms with Crippen LogP contribution in [0.15, 0.2) is 59.2 Å². The number of fused-ring (bicyclic) bond motifs is 1. The Morgan fingerprint density at radius 3 is 2.39 bits per heavy atom. The molecule has 144 valence electrons. The highest BCUT2D eigenvalue weighted by atomic mass is 35.5. The third-order valence-electron chi connectivity index (χ3n) is 5.71. The quantitative estimate of drug-likeness (QED) is 0.620. The Morgan fingerprint density at radius 1 is 1.11 bits per heavy atom. The lowest BCUT2D eigenvalue weighted by atomic mass is 9.77. The maximum Gasteiger partial charge on any atom is 0.258 e. The van der Waals surface area contributed by atoms with Crippen molar-refractivity contribution in [2.75, 3.05) is 5.88 Å². The van der Waals surface area contributed by atoms with Gasteiger partial charge in [0, 0.05) is 5.92 Å². The highest BCUT2D eigenvalue weighted by Crippen LogP contribution is 2.44. The largest absolute Gasteiger partial charge is 0.272 e. The minimum Gasteiger partial charge on any atom is -0.272 e. The summed E-state index contributed by atoms with van der Waals surface area (Å²) in [5, 5.41) is 6.43. The van der Waals surface area contributed by atoms with Gasteiger partial charge in [0.05, 0.1) is 11.8 Å². The van der Waals surface area contributed by atoms with E-state index in [0.29, 0.717) is 0 Å². The van der Waals surface area contributed by atoms with Crippen molar-refractivity contribution in [2.24, 2.45) is 11.0 Å². The molecule has 2 aromatic rings. The fourth-order valence-corrected chi connectivity index (χ4v) is 4.35. The standard InChI is InChI=1S/C24H25ClN2O/c1-16-6-10-18(11-7-16)14-20-4-3-5-21-23(20)26-27(22(28)15-25)24(21)19-12-8-17(2)9-13-19/h6-14,21,24H,3-5,15H2,1-2H3/b20-14+/t21-,24-/m1/s1. The predicted molar refractivity (Wildman–Crippen MR) is 115 cm³/mol. The molecule has 0 N–H and O–H groups in total. The highest BCUT2D eigenvalue weighted by molar-refractivity contribution is 6.27. The lowest BCUT2D eigenvalue weighted by Crippen LogP contribution is -2.32. The summed E-state index contributed by atoms with van der Waals surface area (Å²) in [6.07, 6.45) is 5.36. The van der Waals surface area contributed by atoms with Crippen LogP contribution in [0.4, 0.5) is 0 Å². The zero-order chi connectivity index (χ0) is 19.7. The molecule has 1 saturated carbocycles.